The molecule has 0 unspecified atom stereocenters. The highest BCUT2D eigenvalue weighted by Gasteiger charge is 2.44. The van der Waals surface area contributed by atoms with Crippen LogP contribution in [-0.4, -0.2) is 65.7 Å². The molecule has 2 N–H and O–H groups in total. The number of likely N-dealkylation sites (tertiary alicyclic amines) is 1. The van der Waals surface area contributed by atoms with Crippen molar-refractivity contribution < 1.29 is 28.7 Å². The van der Waals surface area contributed by atoms with Crippen LogP contribution < -0.4 is 10.6 Å². The fourth-order valence-electron chi connectivity index (χ4n) is 4.21. The van der Waals surface area contributed by atoms with Crippen LogP contribution >= 0.6 is 0 Å². The van der Waals surface area contributed by atoms with Crippen LogP contribution in [0.25, 0.3) is 0 Å². The third-order valence-corrected chi connectivity index (χ3v) is 5.84. The van der Waals surface area contributed by atoms with Crippen molar-refractivity contribution in [1.82, 2.24) is 15.5 Å². The molecule has 1 aliphatic heterocycles. The van der Waals surface area contributed by atoms with Crippen LogP contribution in [0.15, 0.2) is 0 Å². The van der Waals surface area contributed by atoms with E-state index in [1.807, 2.05) is 0 Å². The Balaban J connectivity index is 2.17. The van der Waals surface area contributed by atoms with Crippen molar-refractivity contribution in [3.63, 3.8) is 0 Å². The average Bonchev–Trinajstić information content (AvgIpc) is 3.07. The highest BCUT2D eigenvalue weighted by atomic mass is 16.6. The molecule has 0 spiro atoms. The van der Waals surface area contributed by atoms with E-state index >= 15 is 0 Å². The van der Waals surface area contributed by atoms with Crippen molar-refractivity contribution in [3.05, 3.63) is 0 Å². The number of esters is 1. The van der Waals surface area contributed by atoms with Gasteiger partial charge in [-0.25, -0.2) is 9.59 Å². The lowest BCUT2D eigenvalue weighted by molar-refractivity contribution is -0.146. The molecule has 176 valence electrons. The maximum absolute atomic E-state index is 13.3. The van der Waals surface area contributed by atoms with Crippen LogP contribution in [0, 0.1) is 0 Å². The lowest BCUT2D eigenvalue weighted by Gasteiger charge is -2.35. The van der Waals surface area contributed by atoms with Gasteiger partial charge in [0.2, 0.25) is 11.8 Å². The zero-order chi connectivity index (χ0) is 23.2. The Hall–Kier alpha value is -2.32. The standard InChI is InChI=1S/C22H37N3O6/c1-15(18(27)30-5)23-19(28)22(12-8-6-7-9-13-22)24-17(26)16-11-10-14-25(16)20(29)31-21(2,3)4/h15-16H,6-14H2,1-5H3,(H,23,28)(H,24,26)/t15-,16-/m0/s1. The predicted octanol–water partition coefficient (Wildman–Crippen LogP) is 2.27. The molecule has 0 aromatic rings. The van der Waals surface area contributed by atoms with Crippen molar-refractivity contribution in [3.8, 4) is 0 Å². The molecule has 2 rings (SSSR count). The van der Waals surface area contributed by atoms with E-state index in [-0.39, 0.29) is 11.8 Å². The summed E-state index contributed by atoms with van der Waals surface area (Å²) in [6, 6.07) is -1.50. The second kappa shape index (κ2) is 10.3. The van der Waals surface area contributed by atoms with Gasteiger partial charge in [-0.1, -0.05) is 25.7 Å². The quantitative estimate of drug-likeness (QED) is 0.502. The molecular formula is C22H37N3O6. The van der Waals surface area contributed by atoms with Gasteiger partial charge in [-0.15, -0.1) is 0 Å². The number of hydrogen-bond acceptors (Lipinski definition) is 6. The maximum atomic E-state index is 13.3. The SMILES string of the molecule is COC(=O)[C@H](C)NC(=O)C1(NC(=O)[C@@H]2CCCN2C(=O)OC(C)(C)C)CCCCCC1. The zero-order valence-corrected chi connectivity index (χ0v) is 19.4. The minimum Gasteiger partial charge on any atom is -0.467 e. The summed E-state index contributed by atoms with van der Waals surface area (Å²) >= 11 is 0. The van der Waals surface area contributed by atoms with Gasteiger partial charge in [0.15, 0.2) is 0 Å². The zero-order valence-electron chi connectivity index (χ0n) is 19.4. The van der Waals surface area contributed by atoms with Crippen LogP contribution in [0.1, 0.15) is 79.1 Å². The molecule has 31 heavy (non-hydrogen) atoms. The van der Waals surface area contributed by atoms with Crippen molar-refractivity contribution in [2.24, 2.45) is 0 Å². The Morgan fingerprint density at radius 2 is 1.65 bits per heavy atom. The van der Waals surface area contributed by atoms with E-state index in [0.29, 0.717) is 32.2 Å². The van der Waals surface area contributed by atoms with Gasteiger partial charge in [0, 0.05) is 6.54 Å². The molecule has 2 atom stereocenters. The van der Waals surface area contributed by atoms with Gasteiger partial charge in [-0.05, 0) is 53.4 Å². The van der Waals surface area contributed by atoms with Crippen LogP contribution in [0.2, 0.25) is 0 Å². The van der Waals surface area contributed by atoms with Crippen LogP contribution in [0.4, 0.5) is 4.79 Å². The van der Waals surface area contributed by atoms with E-state index in [0.717, 1.165) is 25.7 Å². The summed E-state index contributed by atoms with van der Waals surface area (Å²) in [6.07, 6.45) is 5.19. The van der Waals surface area contributed by atoms with Gasteiger partial charge in [-0.2, -0.15) is 0 Å². The molecule has 2 fully saturated rings. The van der Waals surface area contributed by atoms with E-state index in [2.05, 4.69) is 10.6 Å². The Bertz CT molecular complexity index is 679. The number of ether oxygens (including phenoxy) is 2. The minimum atomic E-state index is -1.11. The first kappa shape index (κ1) is 24.9. The van der Waals surface area contributed by atoms with Crippen LogP contribution in [0.5, 0.6) is 0 Å². The first-order valence-corrected chi connectivity index (χ1v) is 11.2. The summed E-state index contributed by atoms with van der Waals surface area (Å²) in [7, 11) is 1.26. The van der Waals surface area contributed by atoms with Crippen molar-refractivity contribution in [1.29, 1.82) is 0 Å². The number of hydrogen-bond donors (Lipinski definition) is 2. The number of amides is 3. The number of methoxy groups -OCH3 is 1. The molecule has 0 aromatic heterocycles. The van der Waals surface area contributed by atoms with Gasteiger partial charge in [0.1, 0.15) is 23.2 Å². The summed E-state index contributed by atoms with van der Waals surface area (Å²) in [5, 5.41) is 5.67. The fourth-order valence-corrected chi connectivity index (χ4v) is 4.21. The summed E-state index contributed by atoms with van der Waals surface area (Å²) < 4.78 is 10.2. The molecule has 1 heterocycles. The topological polar surface area (TPSA) is 114 Å². The molecule has 0 bridgehead atoms. The summed E-state index contributed by atoms with van der Waals surface area (Å²) in [6.45, 7) is 7.33. The molecule has 3 amide bonds. The number of nitrogens with one attached hydrogen (secondary N) is 2. The number of rotatable bonds is 5. The minimum absolute atomic E-state index is 0.355. The van der Waals surface area contributed by atoms with Crippen LogP contribution in [-0.2, 0) is 23.9 Å². The molecule has 9 nitrogen and oxygen atoms in total. The van der Waals surface area contributed by atoms with Crippen molar-refractivity contribution >= 4 is 23.9 Å². The predicted molar refractivity (Wildman–Crippen MR) is 114 cm³/mol. The summed E-state index contributed by atoms with van der Waals surface area (Å²) in [5.74, 6) is -1.29. The smallest absolute Gasteiger partial charge is 0.410 e. The van der Waals surface area contributed by atoms with Gasteiger partial charge in [-0.3, -0.25) is 14.5 Å². The van der Waals surface area contributed by atoms with Crippen LogP contribution in [0.3, 0.4) is 0 Å². The second-order valence-corrected chi connectivity index (χ2v) is 9.54. The molecular weight excluding hydrogens is 402 g/mol. The Morgan fingerprint density at radius 3 is 2.19 bits per heavy atom. The normalized spacial score (nSPS) is 22.1. The summed E-state index contributed by atoms with van der Waals surface area (Å²) in [5.41, 5.74) is -1.77. The van der Waals surface area contributed by atoms with E-state index in [1.54, 1.807) is 27.7 Å². The number of carbonyl (C=O) groups excluding carboxylic acids is 4. The number of carbonyl (C=O) groups is 4. The van der Waals surface area contributed by atoms with Gasteiger partial charge in [0.25, 0.3) is 0 Å². The molecule has 2 aliphatic rings. The fraction of sp³-hybridized carbons (Fsp3) is 0.818. The van der Waals surface area contributed by atoms with E-state index in [4.69, 9.17) is 9.47 Å². The van der Waals surface area contributed by atoms with E-state index < -0.39 is 35.3 Å². The van der Waals surface area contributed by atoms with Crippen molar-refractivity contribution in [2.75, 3.05) is 13.7 Å². The highest BCUT2D eigenvalue weighted by Crippen LogP contribution is 2.29. The first-order valence-electron chi connectivity index (χ1n) is 11.2. The first-order chi connectivity index (χ1) is 14.5. The van der Waals surface area contributed by atoms with E-state index in [9.17, 15) is 19.2 Å². The van der Waals surface area contributed by atoms with Gasteiger partial charge >= 0.3 is 12.1 Å². The molecule has 1 saturated heterocycles. The molecule has 1 aliphatic carbocycles. The largest absolute Gasteiger partial charge is 0.467 e. The Kier molecular flexibility index (Phi) is 8.31. The lowest BCUT2D eigenvalue weighted by atomic mass is 9.88. The second-order valence-electron chi connectivity index (χ2n) is 9.54. The summed E-state index contributed by atoms with van der Waals surface area (Å²) in [4.78, 5) is 52.3. The highest BCUT2D eigenvalue weighted by molar-refractivity contribution is 5.96. The maximum Gasteiger partial charge on any atom is 0.410 e. The number of nitrogens with zero attached hydrogens (tertiary/aromatic N) is 1. The molecule has 1 saturated carbocycles. The third kappa shape index (κ3) is 6.58. The molecule has 0 aromatic carbocycles. The lowest BCUT2D eigenvalue weighted by Crippen LogP contribution is -2.63. The third-order valence-electron chi connectivity index (χ3n) is 5.84. The van der Waals surface area contributed by atoms with E-state index in [1.165, 1.54) is 12.0 Å². The van der Waals surface area contributed by atoms with Gasteiger partial charge < -0.3 is 20.1 Å². The van der Waals surface area contributed by atoms with Gasteiger partial charge in [0.05, 0.1) is 7.11 Å². The molecule has 0 radical (unpaired) electrons. The average molecular weight is 440 g/mol. The monoisotopic (exact) mass is 439 g/mol. The Labute approximate surface area is 184 Å². The Morgan fingerprint density at radius 1 is 1.03 bits per heavy atom. The molecule has 9 heteroatoms. The van der Waals surface area contributed by atoms with Crippen molar-refractivity contribution in [2.45, 2.75) is 102 Å².